The fourth-order valence-electron chi connectivity index (χ4n) is 1.38. The predicted molar refractivity (Wildman–Crippen MR) is 52.7 cm³/mol. The molecule has 1 aromatic heterocycles. The van der Waals surface area contributed by atoms with E-state index in [1.165, 1.54) is 12.1 Å². The molecule has 0 saturated heterocycles. The van der Waals surface area contributed by atoms with Gasteiger partial charge in [0, 0.05) is 11.1 Å². The molecule has 1 aromatic carbocycles. The molecule has 2 rings (SSSR count). The van der Waals surface area contributed by atoms with E-state index in [-0.39, 0.29) is 5.82 Å². The van der Waals surface area contributed by atoms with Gasteiger partial charge in [-0.3, -0.25) is 4.98 Å². The van der Waals surface area contributed by atoms with Crippen LogP contribution in [0.4, 0.5) is 4.39 Å². The summed E-state index contributed by atoms with van der Waals surface area (Å²) in [6, 6.07) is 6.26. The van der Waals surface area contributed by atoms with Crippen LogP contribution in [0, 0.1) is 25.1 Å². The van der Waals surface area contributed by atoms with Crippen molar-refractivity contribution in [2.75, 3.05) is 0 Å². The summed E-state index contributed by atoms with van der Waals surface area (Å²) in [6.07, 6.45) is 7.05. The molecule has 1 radical (unpaired) electrons. The Morgan fingerprint density at radius 1 is 1.29 bits per heavy atom. The van der Waals surface area contributed by atoms with E-state index in [2.05, 4.69) is 10.9 Å². The molecular formula is C12H7FN. The highest BCUT2D eigenvalue weighted by atomic mass is 19.1. The monoisotopic (exact) mass is 184 g/mol. The minimum absolute atomic E-state index is 0.313. The van der Waals surface area contributed by atoms with Crippen molar-refractivity contribution in [3.05, 3.63) is 47.8 Å². The number of pyridine rings is 1. The number of hydrogen-bond donors (Lipinski definition) is 0. The first-order valence-electron chi connectivity index (χ1n) is 4.21. The molecule has 0 amide bonds. The van der Waals surface area contributed by atoms with Crippen LogP contribution >= 0.6 is 0 Å². The zero-order chi connectivity index (χ0) is 10.1. The van der Waals surface area contributed by atoms with Gasteiger partial charge in [-0.25, -0.2) is 4.39 Å². The lowest BCUT2D eigenvalue weighted by Gasteiger charge is -2.02. The van der Waals surface area contributed by atoms with Crippen molar-refractivity contribution >= 4 is 10.9 Å². The lowest BCUT2D eigenvalue weighted by molar-refractivity contribution is 0.639. The fourth-order valence-corrected chi connectivity index (χ4v) is 1.38. The van der Waals surface area contributed by atoms with Gasteiger partial charge in [-0.2, -0.15) is 0 Å². The van der Waals surface area contributed by atoms with Crippen LogP contribution in [0.1, 0.15) is 11.3 Å². The van der Waals surface area contributed by atoms with Crippen molar-refractivity contribution in [3.8, 4) is 5.92 Å². The highest BCUT2D eigenvalue weighted by molar-refractivity contribution is 5.84. The van der Waals surface area contributed by atoms with Crippen LogP contribution in [-0.4, -0.2) is 4.98 Å². The van der Waals surface area contributed by atoms with Crippen LogP contribution in [0.3, 0.4) is 0 Å². The van der Waals surface area contributed by atoms with E-state index >= 15 is 0 Å². The van der Waals surface area contributed by atoms with Gasteiger partial charge in [0.1, 0.15) is 5.82 Å². The second-order valence-electron chi connectivity index (χ2n) is 3.07. The van der Waals surface area contributed by atoms with Crippen molar-refractivity contribution in [2.24, 2.45) is 0 Å². The van der Waals surface area contributed by atoms with Crippen molar-refractivity contribution in [2.45, 2.75) is 6.92 Å². The van der Waals surface area contributed by atoms with Gasteiger partial charge in [-0.15, -0.1) is 0 Å². The number of halogens is 1. The Kier molecular flexibility index (Phi) is 1.94. The van der Waals surface area contributed by atoms with Gasteiger partial charge in [0.05, 0.1) is 11.1 Å². The summed E-state index contributed by atoms with van der Waals surface area (Å²) in [5, 5.41) is 0.438. The average molecular weight is 184 g/mol. The third-order valence-electron chi connectivity index (χ3n) is 2.08. The van der Waals surface area contributed by atoms with E-state index in [9.17, 15) is 4.39 Å². The van der Waals surface area contributed by atoms with Crippen LogP contribution in [0.25, 0.3) is 10.9 Å². The van der Waals surface area contributed by atoms with Gasteiger partial charge < -0.3 is 0 Å². The SMILES string of the molecule is [C]#Cc1ccc(F)c2ccc(C)nc12. The molecule has 0 aliphatic rings. The number of nitrogens with zero attached hydrogens (tertiary/aromatic N) is 1. The number of fused-ring (bicyclic) bond motifs is 1. The van der Waals surface area contributed by atoms with Crippen LogP contribution < -0.4 is 0 Å². The van der Waals surface area contributed by atoms with Gasteiger partial charge >= 0.3 is 0 Å². The number of aromatic nitrogens is 1. The minimum Gasteiger partial charge on any atom is -0.252 e. The van der Waals surface area contributed by atoms with Crippen molar-refractivity contribution in [1.29, 1.82) is 0 Å². The van der Waals surface area contributed by atoms with Gasteiger partial charge in [-0.1, -0.05) is 5.92 Å². The Morgan fingerprint density at radius 3 is 2.79 bits per heavy atom. The third kappa shape index (κ3) is 1.23. The summed E-state index contributed by atoms with van der Waals surface area (Å²) >= 11 is 0. The molecule has 0 N–H and O–H groups in total. The van der Waals surface area contributed by atoms with E-state index in [0.717, 1.165) is 5.69 Å². The summed E-state index contributed by atoms with van der Waals surface area (Å²) in [6.45, 7) is 1.83. The maximum Gasteiger partial charge on any atom is 0.132 e. The van der Waals surface area contributed by atoms with Crippen LogP contribution in [0.2, 0.25) is 0 Å². The van der Waals surface area contributed by atoms with Crippen LogP contribution in [0.15, 0.2) is 24.3 Å². The smallest absolute Gasteiger partial charge is 0.132 e. The molecule has 67 valence electrons. The lowest BCUT2D eigenvalue weighted by Crippen LogP contribution is -1.89. The molecule has 14 heavy (non-hydrogen) atoms. The first-order valence-corrected chi connectivity index (χ1v) is 4.21. The topological polar surface area (TPSA) is 12.9 Å². The first kappa shape index (κ1) is 8.71. The normalized spacial score (nSPS) is 10.1. The number of rotatable bonds is 0. The van der Waals surface area contributed by atoms with Gasteiger partial charge in [0.15, 0.2) is 0 Å². The molecule has 0 fully saturated rings. The summed E-state index contributed by atoms with van der Waals surface area (Å²) in [5.74, 6) is 1.93. The first-order chi connectivity index (χ1) is 6.72. The number of aryl methyl sites for hydroxylation is 1. The van der Waals surface area contributed by atoms with Crippen LogP contribution in [0.5, 0.6) is 0 Å². The van der Waals surface area contributed by atoms with E-state index in [1.54, 1.807) is 12.1 Å². The van der Waals surface area contributed by atoms with E-state index in [1.807, 2.05) is 6.92 Å². The molecule has 2 aromatic rings. The quantitative estimate of drug-likeness (QED) is 0.573. The number of benzene rings is 1. The Bertz CT molecular complexity index is 538. The molecule has 1 nitrogen and oxygen atoms in total. The largest absolute Gasteiger partial charge is 0.252 e. The summed E-state index contributed by atoms with van der Waals surface area (Å²) < 4.78 is 13.3. The van der Waals surface area contributed by atoms with Crippen LogP contribution in [-0.2, 0) is 0 Å². The molecule has 0 saturated carbocycles. The molecule has 0 spiro atoms. The van der Waals surface area contributed by atoms with Crippen molar-refractivity contribution < 1.29 is 4.39 Å². The standard InChI is InChI=1S/C12H7FN/c1-3-9-5-7-11(13)10-6-4-8(2)14-12(9)10/h4-7H,2H3. The maximum atomic E-state index is 13.3. The minimum atomic E-state index is -0.313. The summed E-state index contributed by atoms with van der Waals surface area (Å²) in [5.41, 5.74) is 1.82. The number of hydrogen-bond acceptors (Lipinski definition) is 1. The second-order valence-corrected chi connectivity index (χ2v) is 3.07. The fraction of sp³-hybridized carbons (Fsp3) is 0.0833. The van der Waals surface area contributed by atoms with Crippen molar-refractivity contribution in [3.63, 3.8) is 0 Å². The summed E-state index contributed by atoms with van der Waals surface area (Å²) in [7, 11) is 0. The van der Waals surface area contributed by atoms with Gasteiger partial charge in [-0.05, 0) is 37.6 Å². The molecule has 0 unspecified atom stereocenters. The highest BCUT2D eigenvalue weighted by Crippen LogP contribution is 2.19. The zero-order valence-corrected chi connectivity index (χ0v) is 7.63. The Morgan fingerprint density at radius 2 is 2.07 bits per heavy atom. The van der Waals surface area contributed by atoms with E-state index in [0.29, 0.717) is 16.5 Å². The van der Waals surface area contributed by atoms with Crippen molar-refractivity contribution in [1.82, 2.24) is 4.98 Å². The predicted octanol–water partition coefficient (Wildman–Crippen LogP) is 2.62. The van der Waals surface area contributed by atoms with Gasteiger partial charge in [0.25, 0.3) is 0 Å². The zero-order valence-electron chi connectivity index (χ0n) is 7.63. The van der Waals surface area contributed by atoms with E-state index < -0.39 is 0 Å². The lowest BCUT2D eigenvalue weighted by atomic mass is 10.1. The second kappa shape index (κ2) is 3.12. The molecular weight excluding hydrogens is 177 g/mol. The molecule has 0 aliphatic carbocycles. The Hall–Kier alpha value is -1.88. The molecule has 1 heterocycles. The van der Waals surface area contributed by atoms with Gasteiger partial charge in [0.2, 0.25) is 0 Å². The molecule has 0 bridgehead atoms. The molecule has 0 atom stereocenters. The molecule has 2 heteroatoms. The Labute approximate surface area is 81.6 Å². The highest BCUT2D eigenvalue weighted by Gasteiger charge is 2.05. The van der Waals surface area contributed by atoms with E-state index in [4.69, 9.17) is 6.42 Å². The average Bonchev–Trinajstić information content (AvgIpc) is 2.18. The molecule has 0 aliphatic heterocycles. The third-order valence-corrected chi connectivity index (χ3v) is 2.08. The Balaban J connectivity index is 2.94. The maximum absolute atomic E-state index is 13.3. The summed E-state index contributed by atoms with van der Waals surface area (Å²) in [4.78, 5) is 4.18.